The SMILES string of the molecule is CC1(c2ncc(C(=O)O)o2)CCCO1. The van der Waals surface area contributed by atoms with Gasteiger partial charge in [0.15, 0.2) is 0 Å². The first kappa shape index (κ1) is 9.21. The molecule has 0 amide bonds. The molecule has 0 aromatic carbocycles. The number of carboxylic acid groups (broad SMARTS) is 1. The van der Waals surface area contributed by atoms with E-state index in [9.17, 15) is 4.79 Å². The lowest BCUT2D eigenvalue weighted by molar-refractivity contribution is -0.00628. The van der Waals surface area contributed by atoms with Gasteiger partial charge in [-0.3, -0.25) is 0 Å². The topological polar surface area (TPSA) is 72.6 Å². The van der Waals surface area contributed by atoms with Gasteiger partial charge in [0.1, 0.15) is 5.60 Å². The Kier molecular flexibility index (Phi) is 2.03. The molecule has 1 N–H and O–H groups in total. The van der Waals surface area contributed by atoms with E-state index in [0.717, 1.165) is 12.8 Å². The molecular formula is C9H11NO4. The number of aromatic carboxylic acids is 1. The minimum atomic E-state index is -1.11. The summed E-state index contributed by atoms with van der Waals surface area (Å²) >= 11 is 0. The number of hydrogen-bond acceptors (Lipinski definition) is 4. The highest BCUT2D eigenvalue weighted by Crippen LogP contribution is 2.34. The Labute approximate surface area is 80.7 Å². The molecule has 0 bridgehead atoms. The van der Waals surface area contributed by atoms with Crippen molar-refractivity contribution >= 4 is 5.97 Å². The molecule has 0 spiro atoms. The van der Waals surface area contributed by atoms with E-state index in [4.69, 9.17) is 14.3 Å². The van der Waals surface area contributed by atoms with Gasteiger partial charge in [0.25, 0.3) is 0 Å². The van der Waals surface area contributed by atoms with Gasteiger partial charge in [0.2, 0.25) is 11.7 Å². The number of nitrogens with zero attached hydrogens (tertiary/aromatic N) is 1. The molecule has 1 aromatic rings. The summed E-state index contributed by atoms with van der Waals surface area (Å²) in [5.74, 6) is -0.894. The lowest BCUT2D eigenvalue weighted by Gasteiger charge is -2.17. The van der Waals surface area contributed by atoms with E-state index in [-0.39, 0.29) is 5.76 Å². The number of aromatic nitrogens is 1. The van der Waals surface area contributed by atoms with Crippen LogP contribution in [0, 0.1) is 0 Å². The van der Waals surface area contributed by atoms with E-state index in [1.54, 1.807) is 0 Å². The van der Waals surface area contributed by atoms with Crippen molar-refractivity contribution in [3.8, 4) is 0 Å². The molecule has 1 aliphatic heterocycles. The van der Waals surface area contributed by atoms with Crippen LogP contribution in [0.25, 0.3) is 0 Å². The number of oxazole rings is 1. The van der Waals surface area contributed by atoms with E-state index >= 15 is 0 Å². The van der Waals surface area contributed by atoms with Gasteiger partial charge in [-0.25, -0.2) is 9.78 Å². The fourth-order valence-electron chi connectivity index (χ4n) is 1.57. The summed E-state index contributed by atoms with van der Waals surface area (Å²) in [6.45, 7) is 2.53. The second kappa shape index (κ2) is 3.09. The molecule has 14 heavy (non-hydrogen) atoms. The van der Waals surface area contributed by atoms with Gasteiger partial charge in [0, 0.05) is 6.61 Å². The Balaban J connectivity index is 2.28. The van der Waals surface area contributed by atoms with Crippen molar-refractivity contribution < 1.29 is 19.1 Å². The van der Waals surface area contributed by atoms with Crippen LogP contribution in [-0.4, -0.2) is 22.7 Å². The van der Waals surface area contributed by atoms with Crippen molar-refractivity contribution in [1.82, 2.24) is 4.98 Å². The predicted octanol–water partition coefficient (Wildman–Crippen LogP) is 1.40. The normalized spacial score (nSPS) is 26.6. The van der Waals surface area contributed by atoms with Crippen molar-refractivity contribution in [2.45, 2.75) is 25.4 Å². The maximum Gasteiger partial charge on any atom is 0.373 e. The zero-order valence-electron chi connectivity index (χ0n) is 7.82. The number of hydrogen-bond donors (Lipinski definition) is 1. The summed E-state index contributed by atoms with van der Waals surface area (Å²) in [6.07, 6.45) is 2.97. The fraction of sp³-hybridized carbons (Fsp3) is 0.556. The third kappa shape index (κ3) is 1.39. The largest absolute Gasteiger partial charge is 0.475 e. The molecule has 5 heteroatoms. The summed E-state index contributed by atoms with van der Waals surface area (Å²) in [7, 11) is 0. The van der Waals surface area contributed by atoms with Gasteiger partial charge < -0.3 is 14.3 Å². The first-order chi connectivity index (χ1) is 6.62. The number of rotatable bonds is 2. The van der Waals surface area contributed by atoms with Crippen LogP contribution in [0.2, 0.25) is 0 Å². The first-order valence-electron chi connectivity index (χ1n) is 4.45. The Bertz CT molecular complexity index is 351. The summed E-state index contributed by atoms with van der Waals surface area (Å²) in [4.78, 5) is 14.5. The summed E-state index contributed by atoms with van der Waals surface area (Å²) in [5, 5.41) is 8.65. The third-order valence-corrected chi connectivity index (χ3v) is 2.39. The molecule has 0 saturated carbocycles. The van der Waals surface area contributed by atoms with Crippen molar-refractivity contribution in [1.29, 1.82) is 0 Å². The second-order valence-corrected chi connectivity index (χ2v) is 3.52. The van der Waals surface area contributed by atoms with Gasteiger partial charge in [-0.2, -0.15) is 0 Å². The molecule has 1 aliphatic rings. The second-order valence-electron chi connectivity index (χ2n) is 3.52. The van der Waals surface area contributed by atoms with Crippen LogP contribution >= 0.6 is 0 Å². The van der Waals surface area contributed by atoms with Crippen molar-refractivity contribution in [3.63, 3.8) is 0 Å². The monoisotopic (exact) mass is 197 g/mol. The van der Waals surface area contributed by atoms with Gasteiger partial charge in [0.05, 0.1) is 6.20 Å². The number of ether oxygens (including phenoxy) is 1. The Morgan fingerprint density at radius 2 is 2.50 bits per heavy atom. The maximum atomic E-state index is 10.6. The number of carboxylic acids is 1. The molecule has 1 saturated heterocycles. The fourth-order valence-corrected chi connectivity index (χ4v) is 1.57. The molecule has 0 radical (unpaired) electrons. The maximum absolute atomic E-state index is 10.6. The highest BCUT2D eigenvalue weighted by molar-refractivity contribution is 5.83. The minimum absolute atomic E-state index is 0.142. The van der Waals surface area contributed by atoms with Crippen LogP contribution in [0.1, 0.15) is 36.2 Å². The van der Waals surface area contributed by atoms with Crippen LogP contribution in [0.5, 0.6) is 0 Å². The van der Waals surface area contributed by atoms with Crippen molar-refractivity contribution in [2.75, 3.05) is 6.61 Å². The standard InChI is InChI=1S/C9H11NO4/c1-9(3-2-4-13-9)8-10-5-6(14-8)7(11)12/h5H,2-4H2,1H3,(H,11,12). The van der Waals surface area contributed by atoms with Crippen molar-refractivity contribution in [3.05, 3.63) is 17.8 Å². The van der Waals surface area contributed by atoms with Crippen molar-refractivity contribution in [2.24, 2.45) is 0 Å². The van der Waals surface area contributed by atoms with E-state index in [0.29, 0.717) is 12.5 Å². The Morgan fingerprint density at radius 3 is 3.00 bits per heavy atom. The minimum Gasteiger partial charge on any atom is -0.475 e. The number of carbonyl (C=O) groups is 1. The molecule has 76 valence electrons. The van der Waals surface area contributed by atoms with Crippen LogP contribution in [-0.2, 0) is 10.3 Å². The lowest BCUT2D eigenvalue weighted by atomic mass is 10.0. The average Bonchev–Trinajstić information content (AvgIpc) is 2.71. The quantitative estimate of drug-likeness (QED) is 0.775. The smallest absolute Gasteiger partial charge is 0.373 e. The summed E-state index contributed by atoms with van der Waals surface area (Å²) in [5.41, 5.74) is -0.548. The van der Waals surface area contributed by atoms with E-state index in [1.807, 2.05) is 6.92 Å². The van der Waals surface area contributed by atoms with Crippen LogP contribution in [0.3, 0.4) is 0 Å². The average molecular weight is 197 g/mol. The summed E-state index contributed by atoms with van der Waals surface area (Å²) < 4.78 is 10.6. The van der Waals surface area contributed by atoms with Crippen LogP contribution in [0.4, 0.5) is 0 Å². The van der Waals surface area contributed by atoms with E-state index in [1.165, 1.54) is 6.20 Å². The Hall–Kier alpha value is -1.36. The zero-order valence-corrected chi connectivity index (χ0v) is 7.82. The first-order valence-corrected chi connectivity index (χ1v) is 4.45. The highest BCUT2D eigenvalue weighted by Gasteiger charge is 2.37. The molecule has 1 unspecified atom stereocenters. The molecule has 1 fully saturated rings. The molecule has 1 aromatic heterocycles. The van der Waals surface area contributed by atoms with Gasteiger partial charge >= 0.3 is 5.97 Å². The van der Waals surface area contributed by atoms with Crippen LogP contribution < -0.4 is 0 Å². The van der Waals surface area contributed by atoms with Gasteiger partial charge in [-0.05, 0) is 19.8 Å². The molecular weight excluding hydrogens is 186 g/mol. The summed E-state index contributed by atoms with van der Waals surface area (Å²) in [6, 6.07) is 0. The highest BCUT2D eigenvalue weighted by atomic mass is 16.5. The molecule has 2 rings (SSSR count). The molecule has 5 nitrogen and oxygen atoms in total. The van der Waals surface area contributed by atoms with E-state index in [2.05, 4.69) is 4.98 Å². The lowest BCUT2D eigenvalue weighted by Crippen LogP contribution is -2.20. The molecule has 2 heterocycles. The zero-order chi connectivity index (χ0) is 10.2. The molecule has 1 atom stereocenters. The molecule has 0 aliphatic carbocycles. The van der Waals surface area contributed by atoms with E-state index < -0.39 is 11.6 Å². The van der Waals surface area contributed by atoms with Gasteiger partial charge in [-0.15, -0.1) is 0 Å². The third-order valence-electron chi connectivity index (χ3n) is 2.39. The van der Waals surface area contributed by atoms with Gasteiger partial charge in [-0.1, -0.05) is 0 Å². The van der Waals surface area contributed by atoms with Crippen LogP contribution in [0.15, 0.2) is 10.6 Å². The Morgan fingerprint density at radius 1 is 1.71 bits per heavy atom. The predicted molar refractivity (Wildman–Crippen MR) is 46.0 cm³/mol.